The summed E-state index contributed by atoms with van der Waals surface area (Å²) in [5.41, 5.74) is 7.70. The minimum atomic E-state index is -1.03. The zero-order chi connectivity index (χ0) is 99.0. The van der Waals surface area contributed by atoms with E-state index in [1.54, 1.807) is 19.6 Å². The molecule has 0 spiro atoms. The molecule has 20 rings (SSSR count). The molecule has 11 heteroatoms. The highest BCUT2D eigenvalue weighted by atomic mass is 16.5. The molecule has 40 atom stereocenters. The van der Waals surface area contributed by atoms with Crippen molar-refractivity contribution in [1.82, 2.24) is 0 Å². The lowest BCUT2D eigenvalue weighted by molar-refractivity contribution is -0.217. The Morgan fingerprint density at radius 2 is 0.770 bits per heavy atom. The van der Waals surface area contributed by atoms with Gasteiger partial charge in [-0.1, -0.05) is 247 Å². The summed E-state index contributed by atoms with van der Waals surface area (Å²) in [7, 11) is 1.56. The van der Waals surface area contributed by atoms with E-state index in [1.807, 2.05) is 12.5 Å². The lowest BCUT2D eigenvalue weighted by Crippen LogP contribution is -2.66. The van der Waals surface area contributed by atoms with Crippen LogP contribution in [0.25, 0.3) is 4.85 Å². The Labute approximate surface area is 821 Å². The van der Waals surface area contributed by atoms with Crippen LogP contribution in [0.1, 0.15) is 427 Å². The van der Waals surface area contributed by atoms with Crippen LogP contribution in [0.5, 0.6) is 0 Å². The average Bonchev–Trinajstić information content (AvgIpc) is 0.685. The van der Waals surface area contributed by atoms with Gasteiger partial charge in [-0.05, 0) is 424 Å². The Hall–Kier alpha value is -4.14. The molecule has 20 aliphatic rings. The number of nitrogens with zero attached hydrogens (tertiary/aromatic N) is 1. The molecular weight excluding hydrogens is 1660 g/mol. The Morgan fingerprint density at radius 3 is 1.24 bits per heavy atom. The summed E-state index contributed by atoms with van der Waals surface area (Å²) in [5, 5.41) is 32.0. The number of fused-ring (bicyclic) bond motifs is 28. The molecule has 0 radical (unpaired) electrons. The summed E-state index contributed by atoms with van der Waals surface area (Å²) >= 11 is 0. The minimum absolute atomic E-state index is 0.00485. The number of hydrogen-bond acceptors (Lipinski definition) is 9. The maximum absolute atomic E-state index is 14.2. The van der Waals surface area contributed by atoms with Crippen molar-refractivity contribution in [3.63, 3.8) is 0 Å². The van der Waals surface area contributed by atoms with Crippen LogP contribution in [0.2, 0.25) is 0 Å². The molecular formula is C124H193NO10. The van der Waals surface area contributed by atoms with Gasteiger partial charge in [-0.25, -0.2) is 4.85 Å². The van der Waals surface area contributed by atoms with Gasteiger partial charge in [0.25, 0.3) is 0 Å². The van der Waals surface area contributed by atoms with Crippen LogP contribution in [-0.4, -0.2) is 70.2 Å². The van der Waals surface area contributed by atoms with Gasteiger partial charge in [0, 0.05) is 23.7 Å². The first-order valence-corrected chi connectivity index (χ1v) is 56.3. The molecule has 0 bridgehead atoms. The number of esters is 2. The molecule has 754 valence electrons. The first-order chi connectivity index (χ1) is 62.4. The van der Waals surface area contributed by atoms with Gasteiger partial charge in [-0.15, -0.1) is 0 Å². The van der Waals surface area contributed by atoms with Gasteiger partial charge in [0.2, 0.25) is 5.70 Å². The molecule has 0 aromatic rings. The second-order valence-electron chi connectivity index (χ2n) is 58.7. The monoisotopic (exact) mass is 1860 g/mol. The van der Waals surface area contributed by atoms with Crippen molar-refractivity contribution in [2.24, 2.45) is 227 Å². The molecule has 12 unspecified atom stereocenters. The molecule has 0 aliphatic heterocycles. The molecule has 0 aromatic carbocycles. The number of carbonyl (C=O) groups excluding carboxylic acids is 4. The molecule has 20 aliphatic carbocycles. The van der Waals surface area contributed by atoms with E-state index in [4.69, 9.17) is 16.0 Å². The fourth-order valence-corrected chi connectivity index (χ4v) is 43.4. The maximum atomic E-state index is 14.2. The van der Waals surface area contributed by atoms with Crippen LogP contribution < -0.4 is 0 Å². The number of rotatable bonds is 3. The predicted octanol–water partition coefficient (Wildman–Crippen LogP) is 30.3. The number of carbonyl (C=O) groups is 5. The topological polar surface area (TPSA) is 169 Å². The quantitative estimate of drug-likeness (QED) is 0.140. The SMILES string of the molecule is CC(=O)O[C@H]1CC[C@@]2(C)C(CC[C@]3(C)C2CC=C2C4[C@@H](C)[C@H](C)CC[C@]4(C)CC[C@]23C)C1(C)C.C[C@@H]1CC[C@]2(C)CC[C@]3(C)C(=CC(=O)C4[C@@]5(C)CC[C@H](O)C(C)(C)C5CC[C@]43C)C2[C@H]1C.C[C@@H]1CC[C@]2(C)CC[C@]3(C)C(=CCC4[C@@]5(C)CC[C@H](O)[C@](C)(C(=O)O)C5CC[C@]43C)C2[C@H]1C.[C-]#[N+]C1=C[C@@]2(C)C(CC[C@]3(C)C2CC=C2C4[C@@H](C)[C@H](C)CC[C@]4(C(=O)OC)CC[C@]23C)C(C)(C)C1=O. The zero-order valence-electron chi connectivity index (χ0n) is 91.6. The number of aliphatic hydroxyl groups excluding tert-OH is 2. The van der Waals surface area contributed by atoms with E-state index < -0.39 is 28.3 Å². The number of carboxylic acids is 1. The van der Waals surface area contributed by atoms with Gasteiger partial charge in [0.1, 0.15) is 6.10 Å². The number of Topliss-reactive ketones (excluding diaryl/α,β-unsaturated/α-hetero) is 1. The number of hydrogen-bond donors (Lipinski definition) is 3. The van der Waals surface area contributed by atoms with E-state index in [0.717, 1.165) is 144 Å². The van der Waals surface area contributed by atoms with Crippen molar-refractivity contribution in [2.45, 2.75) is 445 Å². The Kier molecular flexibility index (Phi) is 25.0. The zero-order valence-corrected chi connectivity index (χ0v) is 91.6. The summed E-state index contributed by atoms with van der Waals surface area (Å²) in [4.78, 5) is 68.9. The second-order valence-corrected chi connectivity index (χ2v) is 58.7. The number of ether oxygens (including phenoxy) is 2. The molecule has 3 N–H and O–H groups in total. The highest BCUT2D eigenvalue weighted by Gasteiger charge is 2.77. The lowest BCUT2D eigenvalue weighted by Gasteiger charge is -2.71. The maximum Gasteiger partial charge on any atom is 0.312 e. The molecule has 0 aromatic heterocycles. The van der Waals surface area contributed by atoms with E-state index >= 15 is 0 Å². The summed E-state index contributed by atoms with van der Waals surface area (Å²) in [6.45, 7) is 82.5. The van der Waals surface area contributed by atoms with Gasteiger partial charge < -0.3 is 29.6 Å². The van der Waals surface area contributed by atoms with E-state index in [1.165, 1.54) is 114 Å². The number of aliphatic hydroxyl groups is 2. The lowest BCUT2D eigenvalue weighted by atomic mass is 9.33. The summed E-state index contributed by atoms with van der Waals surface area (Å²) < 4.78 is 11.4. The largest absolute Gasteiger partial charge is 0.481 e. The van der Waals surface area contributed by atoms with Crippen molar-refractivity contribution in [2.75, 3.05) is 7.11 Å². The smallest absolute Gasteiger partial charge is 0.312 e. The van der Waals surface area contributed by atoms with Crippen LogP contribution in [-0.2, 0) is 33.4 Å². The van der Waals surface area contributed by atoms with Crippen molar-refractivity contribution >= 4 is 29.5 Å². The fourth-order valence-electron chi connectivity index (χ4n) is 43.4. The normalized spacial score (nSPS) is 54.4. The first kappa shape index (κ1) is 102. The molecule has 0 heterocycles. The molecule has 15 saturated carbocycles. The molecule has 11 nitrogen and oxygen atoms in total. The van der Waals surface area contributed by atoms with Crippen LogP contribution in [0.3, 0.4) is 0 Å². The third kappa shape index (κ3) is 13.7. The molecule has 135 heavy (non-hydrogen) atoms. The Morgan fingerprint density at radius 1 is 0.393 bits per heavy atom. The number of aliphatic carboxylic acids is 1. The van der Waals surface area contributed by atoms with Gasteiger partial charge in [-0.3, -0.25) is 19.2 Å². The van der Waals surface area contributed by atoms with Crippen molar-refractivity contribution in [1.29, 1.82) is 0 Å². The van der Waals surface area contributed by atoms with Crippen LogP contribution >= 0.6 is 0 Å². The standard InChI is InChI=1S/C32H45NO3.C32H52O2.C30H48O3.C30H48O2/c1-19-12-15-32(27(35)36-9)17-16-30(6)21(25(32)20(19)2)10-11-24-29(5)18-22(33-8)26(34)28(3,4)23(29)13-14-31(24,30)7;1-20-12-15-29(6)18-19-31(8)23(27(29)21(20)2)10-11-25-30(7)16-14-26(34-22(3)33)28(4,5)24(30)13-17-32(25,31)9;1-18-10-13-26(3)16-17-28(5)20(24(26)19(18)2)8-9-21-27(4)14-12-23(31)30(7,25(32)33)22(27)11-15-29(21,28)6;1-18-9-12-27(5)15-16-29(7)20(24(27)19(18)2)17-21(31)25-28(6)13-11-23(32)26(3,4)22(28)10-14-30(25,29)8/h10,18-20,23-25H,11-17H2,1-7,9H3;10,20-21,24-27H,11-19H2,1-9H3;8,18-19,21-24,31H,9-17H2,1-7H3,(H,32,33);17-19,22-25,32H,9-16H2,1-8H3/t19-,20+,23?,24?,25?,29+,30-,31-,32+;20-,21+,24?,25?,26+,27?,29-,30+,31-,32-;18-,19+,21?,22?,23+,24?,26-,27-,28-,29-,30-;18-,19+,22?,23+,24?,25?,27-,28+,29-,30-/m1111/s1. The second kappa shape index (κ2) is 32.9. The Balaban J connectivity index is 0.000000125. The van der Waals surface area contributed by atoms with Crippen molar-refractivity contribution in [3.05, 3.63) is 69.8 Å². The molecule has 15 fully saturated rings. The number of allylic oxidation sites excluding steroid dienone is 10. The molecule has 0 saturated heterocycles. The third-order valence-electron chi connectivity index (χ3n) is 53.3. The van der Waals surface area contributed by atoms with E-state index in [9.17, 15) is 39.3 Å². The summed E-state index contributed by atoms with van der Waals surface area (Å²) in [6, 6.07) is 0. The van der Waals surface area contributed by atoms with Gasteiger partial charge in [0.15, 0.2) is 11.6 Å². The molecule has 0 amide bonds. The third-order valence-corrected chi connectivity index (χ3v) is 53.3. The fraction of sp³-hybridized carbons (Fsp3) is 0.871. The van der Waals surface area contributed by atoms with Crippen LogP contribution in [0.15, 0.2) is 58.4 Å². The minimum Gasteiger partial charge on any atom is -0.481 e. The van der Waals surface area contributed by atoms with E-state index in [0.29, 0.717) is 104 Å². The highest BCUT2D eigenvalue weighted by Crippen LogP contribution is 2.83. The predicted molar refractivity (Wildman–Crippen MR) is 545 cm³/mol. The highest BCUT2D eigenvalue weighted by molar-refractivity contribution is 6.02. The van der Waals surface area contributed by atoms with Gasteiger partial charge >= 0.3 is 17.9 Å². The summed E-state index contributed by atoms with van der Waals surface area (Å²) in [6.07, 6.45) is 49.3. The van der Waals surface area contributed by atoms with Gasteiger partial charge in [0.05, 0.1) is 36.7 Å². The average molecular weight is 1860 g/mol. The van der Waals surface area contributed by atoms with Crippen molar-refractivity contribution < 1.29 is 48.8 Å². The van der Waals surface area contributed by atoms with Gasteiger partial charge in [-0.2, -0.15) is 0 Å². The number of methoxy groups -OCH3 is 1. The van der Waals surface area contributed by atoms with Crippen LogP contribution in [0.4, 0.5) is 0 Å². The number of carboxylic acid groups (broad SMARTS) is 1. The van der Waals surface area contributed by atoms with Crippen LogP contribution in [0, 0.1) is 233 Å². The number of ketones is 2. The van der Waals surface area contributed by atoms with E-state index in [-0.39, 0.29) is 113 Å². The summed E-state index contributed by atoms with van der Waals surface area (Å²) in [5.74, 6) is 10.4. The Bertz CT molecular complexity index is 4930. The van der Waals surface area contributed by atoms with E-state index in [2.05, 4.69) is 236 Å². The van der Waals surface area contributed by atoms with Crippen molar-refractivity contribution in [3.8, 4) is 0 Å². The first-order valence-electron chi connectivity index (χ1n) is 56.3.